The first-order valence-corrected chi connectivity index (χ1v) is 19.2. The zero-order chi connectivity index (χ0) is 39.0. The highest BCUT2D eigenvalue weighted by Gasteiger charge is 2.52. The minimum atomic E-state index is -1.53. The van der Waals surface area contributed by atoms with Gasteiger partial charge in [0.25, 0.3) is 11.4 Å². The molecule has 0 N–H and O–H groups in total. The van der Waals surface area contributed by atoms with Crippen molar-refractivity contribution in [1.29, 1.82) is 0 Å². The summed E-state index contributed by atoms with van der Waals surface area (Å²) in [6.45, 7) is 13.2. The second kappa shape index (κ2) is 14.5. The third-order valence-electron chi connectivity index (χ3n) is 10.3. The molecule has 2 atom stereocenters. The monoisotopic (exact) mass is 734 g/mol. The van der Waals surface area contributed by atoms with E-state index in [1.165, 1.54) is 0 Å². The molecule has 2 unspecified atom stereocenters. The summed E-state index contributed by atoms with van der Waals surface area (Å²) in [4.78, 5) is 35.8. The Morgan fingerprint density at radius 2 is 0.679 bits per heavy atom. The fraction of sp³-hybridized carbons (Fsp3) is 0.200. The molecule has 2 aliphatic rings. The zero-order valence-electron chi connectivity index (χ0n) is 32.8. The summed E-state index contributed by atoms with van der Waals surface area (Å²) >= 11 is 0. The van der Waals surface area contributed by atoms with E-state index in [1.807, 2.05) is 133 Å². The first kappa shape index (κ1) is 36.9. The maximum Gasteiger partial charge on any atom is 0.263 e. The Balaban J connectivity index is 1.38. The number of rotatable bonds is 9. The molecule has 6 aromatic rings. The molecule has 6 heteroatoms. The molecule has 0 radical (unpaired) electrons. The van der Waals surface area contributed by atoms with Crippen LogP contribution in [0.2, 0.25) is 0 Å². The van der Waals surface area contributed by atoms with Crippen LogP contribution in [0.1, 0.15) is 86.1 Å². The minimum Gasteiger partial charge on any atom is -0.227 e. The molecule has 0 amide bonds. The van der Waals surface area contributed by atoms with Crippen LogP contribution in [-0.4, -0.2) is 23.1 Å². The van der Waals surface area contributed by atoms with Crippen LogP contribution in [0.3, 0.4) is 0 Å². The lowest BCUT2D eigenvalue weighted by atomic mass is 9.83. The summed E-state index contributed by atoms with van der Waals surface area (Å²) in [5, 5.41) is 0. The average molecular weight is 735 g/mol. The van der Waals surface area contributed by atoms with E-state index in [0.29, 0.717) is 23.1 Å². The van der Waals surface area contributed by atoms with E-state index in [1.54, 1.807) is 0 Å². The highest BCUT2D eigenvalue weighted by atomic mass is 17.2. The second-order valence-electron chi connectivity index (χ2n) is 16.3. The molecule has 2 heterocycles. The number of hydrogen-bond donors (Lipinski definition) is 0. The summed E-state index contributed by atoms with van der Waals surface area (Å²) in [5.41, 5.74) is 5.12. The van der Waals surface area contributed by atoms with Gasteiger partial charge < -0.3 is 0 Å². The number of aliphatic imine (C=N–C) groups is 4. The van der Waals surface area contributed by atoms with Crippen molar-refractivity contribution in [3.8, 4) is 0 Å². The Bertz CT molecular complexity index is 2300. The quantitative estimate of drug-likeness (QED) is 0.110. The van der Waals surface area contributed by atoms with Gasteiger partial charge in [-0.2, -0.15) is 9.78 Å². The van der Waals surface area contributed by atoms with Crippen molar-refractivity contribution in [1.82, 2.24) is 0 Å². The Kier molecular flexibility index (Phi) is 9.57. The first-order chi connectivity index (χ1) is 27.0. The molecule has 0 bridgehead atoms. The van der Waals surface area contributed by atoms with E-state index in [0.717, 1.165) is 44.5 Å². The van der Waals surface area contributed by atoms with Crippen LogP contribution in [0.4, 0.5) is 0 Å². The number of benzene rings is 6. The minimum absolute atomic E-state index is 0.173. The molecule has 0 saturated carbocycles. The van der Waals surface area contributed by atoms with Crippen molar-refractivity contribution < 1.29 is 9.78 Å². The molecule has 6 aromatic carbocycles. The Morgan fingerprint density at radius 1 is 0.375 bits per heavy atom. The molecule has 0 aliphatic carbocycles. The van der Waals surface area contributed by atoms with E-state index in [4.69, 9.17) is 29.7 Å². The molecule has 8 rings (SSSR count). The molecule has 2 aliphatic heterocycles. The fourth-order valence-corrected chi connectivity index (χ4v) is 7.50. The lowest BCUT2D eigenvalue weighted by Crippen LogP contribution is -2.42. The van der Waals surface area contributed by atoms with Gasteiger partial charge in [-0.05, 0) is 22.0 Å². The second-order valence-corrected chi connectivity index (χ2v) is 16.3. The van der Waals surface area contributed by atoms with Gasteiger partial charge in [0.1, 0.15) is 11.4 Å². The van der Waals surface area contributed by atoms with E-state index >= 15 is 0 Å². The maximum atomic E-state index is 7.09. The smallest absolute Gasteiger partial charge is 0.227 e. The lowest BCUT2D eigenvalue weighted by Gasteiger charge is -2.33. The highest BCUT2D eigenvalue weighted by molar-refractivity contribution is 6.22. The Labute approximate surface area is 330 Å². The Hall–Kier alpha value is -6.08. The molecule has 0 saturated heterocycles. The summed E-state index contributed by atoms with van der Waals surface area (Å²) in [5.74, 6) is 1.12. The molecule has 0 spiro atoms. The topological polar surface area (TPSA) is 67.9 Å². The van der Waals surface area contributed by atoms with Crippen LogP contribution < -0.4 is 0 Å². The van der Waals surface area contributed by atoms with Gasteiger partial charge in [-0.3, -0.25) is 0 Å². The van der Waals surface area contributed by atoms with Crippen LogP contribution in [0.25, 0.3) is 0 Å². The van der Waals surface area contributed by atoms with Gasteiger partial charge in [-0.1, -0.05) is 211 Å². The molecule has 56 heavy (non-hydrogen) atoms. The third-order valence-corrected chi connectivity index (χ3v) is 10.3. The number of hydrogen-bond acceptors (Lipinski definition) is 6. The Morgan fingerprint density at radius 3 is 1.02 bits per heavy atom. The van der Waals surface area contributed by atoms with Gasteiger partial charge in [-0.15, -0.1) is 0 Å². The van der Waals surface area contributed by atoms with Crippen LogP contribution in [0.15, 0.2) is 190 Å². The molecule has 6 nitrogen and oxygen atoms in total. The van der Waals surface area contributed by atoms with Crippen LogP contribution in [-0.2, 0) is 32.1 Å². The summed E-state index contributed by atoms with van der Waals surface area (Å²) in [7, 11) is 0. The molecular weight excluding hydrogens is 689 g/mol. The highest BCUT2D eigenvalue weighted by Crippen LogP contribution is 2.45. The lowest BCUT2D eigenvalue weighted by molar-refractivity contribution is -0.387. The van der Waals surface area contributed by atoms with E-state index in [2.05, 4.69) is 77.9 Å². The molecule has 0 aromatic heterocycles. The van der Waals surface area contributed by atoms with Gasteiger partial charge in [0, 0.05) is 33.4 Å². The summed E-state index contributed by atoms with van der Waals surface area (Å²) < 4.78 is 0. The van der Waals surface area contributed by atoms with Crippen LogP contribution in [0, 0.1) is 0 Å². The third kappa shape index (κ3) is 6.76. The van der Waals surface area contributed by atoms with Gasteiger partial charge in [-0.25, -0.2) is 20.0 Å². The summed E-state index contributed by atoms with van der Waals surface area (Å²) in [6.07, 6.45) is 0. The van der Waals surface area contributed by atoms with Crippen molar-refractivity contribution in [3.63, 3.8) is 0 Å². The number of amidine groups is 2. The van der Waals surface area contributed by atoms with E-state index in [9.17, 15) is 0 Å². The predicted octanol–water partition coefficient (Wildman–Crippen LogP) is 11.1. The first-order valence-electron chi connectivity index (χ1n) is 19.2. The van der Waals surface area contributed by atoms with Crippen molar-refractivity contribution >= 4 is 23.1 Å². The zero-order valence-corrected chi connectivity index (χ0v) is 32.8. The number of nitrogens with zero attached hydrogens (tertiary/aromatic N) is 4. The summed E-state index contributed by atoms with van der Waals surface area (Å²) in [6, 6.07) is 56.7. The SMILES string of the molecule is CC(C)(C)c1ccccc1C1=NC(OOC2(c3ccccc3)N=C(c3ccccc3C(C)(C)C)N=C2c2ccccc2)(c2ccccc2)C(c2ccccc2)=N1. The maximum absolute atomic E-state index is 7.09. The predicted molar refractivity (Wildman–Crippen MR) is 228 cm³/mol. The van der Waals surface area contributed by atoms with Crippen LogP contribution in [0.5, 0.6) is 0 Å². The normalized spacial score (nSPS) is 19.6. The van der Waals surface area contributed by atoms with E-state index in [-0.39, 0.29) is 10.8 Å². The average Bonchev–Trinajstić information content (AvgIpc) is 3.82. The van der Waals surface area contributed by atoms with E-state index < -0.39 is 11.4 Å². The van der Waals surface area contributed by atoms with Gasteiger partial charge >= 0.3 is 0 Å². The van der Waals surface area contributed by atoms with Crippen molar-refractivity contribution in [2.75, 3.05) is 0 Å². The fourth-order valence-electron chi connectivity index (χ4n) is 7.50. The van der Waals surface area contributed by atoms with Gasteiger partial charge in [0.05, 0.1) is 0 Å². The standard InChI is InChI=1S/C50H46N4O2/c1-47(2,3)41-33-21-19-31-39(41)45-51-43(35-23-11-7-12-24-35)49(53-45,37-27-15-9-16-28-37)55-56-50(38-29-17-10-18-30-38)44(36-25-13-8-14-26-36)52-46(54-50)40-32-20-22-34-42(40)48(4,5)6/h7-34H,1-6H3. The molecular formula is C50H46N4O2. The van der Waals surface area contributed by atoms with Crippen molar-refractivity contribution in [3.05, 3.63) is 214 Å². The largest absolute Gasteiger partial charge is 0.263 e. The van der Waals surface area contributed by atoms with Crippen molar-refractivity contribution in [2.45, 2.75) is 63.8 Å². The molecule has 278 valence electrons. The van der Waals surface area contributed by atoms with Gasteiger partial charge in [0.2, 0.25) is 0 Å². The van der Waals surface area contributed by atoms with Crippen molar-refractivity contribution in [2.24, 2.45) is 20.0 Å². The van der Waals surface area contributed by atoms with Crippen LogP contribution >= 0.6 is 0 Å². The van der Waals surface area contributed by atoms with Gasteiger partial charge in [0.15, 0.2) is 11.7 Å². The molecule has 0 fully saturated rings.